The molecule has 4 heteroatoms. The monoisotopic (exact) mass is 218 g/mol. The fourth-order valence-corrected chi connectivity index (χ4v) is 1.24. The molecule has 0 aromatic heterocycles. The molecule has 0 aromatic rings. The fraction of sp³-hybridized carbons (Fsp3) is 0.909. The number of aliphatic hydroxyl groups excluding tert-OH is 1. The van der Waals surface area contributed by atoms with Crippen molar-refractivity contribution in [3.05, 3.63) is 0 Å². The Morgan fingerprint density at radius 1 is 1.47 bits per heavy atom. The Balaban J connectivity index is 3.76. The zero-order chi connectivity index (χ0) is 11.7. The first-order valence-corrected chi connectivity index (χ1v) is 5.42. The van der Waals surface area contributed by atoms with Crippen LogP contribution in [0.5, 0.6) is 0 Å². The van der Waals surface area contributed by atoms with Crippen molar-refractivity contribution in [1.29, 1.82) is 0 Å². The van der Waals surface area contributed by atoms with Gasteiger partial charge in [0.2, 0.25) is 0 Å². The topological polar surface area (TPSA) is 55.8 Å². The maximum absolute atomic E-state index is 10.7. The van der Waals surface area contributed by atoms with E-state index in [0.29, 0.717) is 12.8 Å². The number of Topliss-reactive ketones (excluding diaryl/α,β-unsaturated/α-hetero) is 1. The molecule has 2 unspecified atom stereocenters. The summed E-state index contributed by atoms with van der Waals surface area (Å²) in [6.07, 6.45) is 2.26. The normalized spacial score (nSPS) is 14.9. The fourth-order valence-electron chi connectivity index (χ4n) is 1.24. The number of hydrogen-bond donors (Lipinski definition) is 1. The second kappa shape index (κ2) is 8.83. The summed E-state index contributed by atoms with van der Waals surface area (Å²) in [7, 11) is 1.57. The molecule has 0 aliphatic heterocycles. The summed E-state index contributed by atoms with van der Waals surface area (Å²) in [4.78, 5) is 10.7. The molecule has 2 atom stereocenters. The summed E-state index contributed by atoms with van der Waals surface area (Å²) in [5, 5.41) is 8.95. The zero-order valence-corrected chi connectivity index (χ0v) is 9.86. The minimum absolute atomic E-state index is 0.00304. The summed E-state index contributed by atoms with van der Waals surface area (Å²) in [5.74, 6) is 0.180. The van der Waals surface area contributed by atoms with Crippen LogP contribution >= 0.6 is 0 Å². The third kappa shape index (κ3) is 7.48. The highest BCUT2D eigenvalue weighted by molar-refractivity contribution is 5.75. The van der Waals surface area contributed by atoms with Gasteiger partial charge in [0.15, 0.2) is 6.29 Å². The van der Waals surface area contributed by atoms with Crippen molar-refractivity contribution in [3.8, 4) is 0 Å². The zero-order valence-electron chi connectivity index (χ0n) is 9.86. The minimum atomic E-state index is -0.318. The van der Waals surface area contributed by atoms with Crippen molar-refractivity contribution >= 4 is 5.78 Å². The summed E-state index contributed by atoms with van der Waals surface area (Å²) in [6.45, 7) is 3.53. The first-order chi connectivity index (χ1) is 7.13. The summed E-state index contributed by atoms with van der Waals surface area (Å²) in [5.41, 5.74) is 0. The summed E-state index contributed by atoms with van der Waals surface area (Å²) < 4.78 is 10.6. The molecule has 0 amide bonds. The molecular formula is C11H22O4. The number of carbonyl (C=O) groups excluding carboxylic acids is 1. The molecule has 0 radical (unpaired) electrons. The number of aliphatic hydroxyl groups is 1. The molecule has 0 spiro atoms. The van der Waals surface area contributed by atoms with Crippen LogP contribution in [0.2, 0.25) is 0 Å². The summed E-state index contributed by atoms with van der Waals surface area (Å²) >= 11 is 0. The van der Waals surface area contributed by atoms with E-state index in [1.807, 2.05) is 6.92 Å². The lowest BCUT2D eigenvalue weighted by molar-refractivity contribution is -0.168. The van der Waals surface area contributed by atoms with Gasteiger partial charge in [0.25, 0.3) is 0 Å². The quantitative estimate of drug-likeness (QED) is 0.596. The first kappa shape index (κ1) is 14.6. The molecule has 0 bridgehead atoms. The molecular weight excluding hydrogens is 196 g/mol. The number of ketones is 1. The van der Waals surface area contributed by atoms with Crippen molar-refractivity contribution in [1.82, 2.24) is 0 Å². The van der Waals surface area contributed by atoms with Crippen LogP contribution in [0.1, 0.15) is 39.5 Å². The van der Waals surface area contributed by atoms with E-state index >= 15 is 0 Å². The number of ether oxygens (including phenoxy) is 2. The van der Waals surface area contributed by atoms with Crippen LogP contribution in [0, 0.1) is 0 Å². The van der Waals surface area contributed by atoms with Gasteiger partial charge in [0, 0.05) is 13.5 Å². The average Bonchev–Trinajstić information content (AvgIpc) is 2.22. The van der Waals surface area contributed by atoms with E-state index in [0.717, 1.165) is 12.8 Å². The largest absolute Gasteiger partial charge is 0.394 e. The standard InChI is InChI=1S/C11H22O4/c1-4-10(8-12)15-11(14-3)7-5-6-9(2)13/h10-12H,4-8H2,1-3H3. The highest BCUT2D eigenvalue weighted by Crippen LogP contribution is 2.10. The van der Waals surface area contributed by atoms with E-state index in [1.165, 1.54) is 0 Å². The average molecular weight is 218 g/mol. The molecule has 0 aromatic carbocycles. The predicted octanol–water partition coefficient (Wildman–Crippen LogP) is 1.51. The van der Waals surface area contributed by atoms with Crippen LogP contribution in [0.3, 0.4) is 0 Å². The van der Waals surface area contributed by atoms with E-state index in [4.69, 9.17) is 14.6 Å². The molecule has 0 heterocycles. The highest BCUT2D eigenvalue weighted by atomic mass is 16.7. The molecule has 90 valence electrons. The molecule has 4 nitrogen and oxygen atoms in total. The first-order valence-electron chi connectivity index (χ1n) is 5.42. The van der Waals surface area contributed by atoms with E-state index in [2.05, 4.69) is 0 Å². The lowest BCUT2D eigenvalue weighted by atomic mass is 10.2. The van der Waals surface area contributed by atoms with Crippen LogP contribution in [0.25, 0.3) is 0 Å². The third-order valence-electron chi connectivity index (χ3n) is 2.23. The Morgan fingerprint density at radius 3 is 2.53 bits per heavy atom. The van der Waals surface area contributed by atoms with Crippen LogP contribution < -0.4 is 0 Å². The van der Waals surface area contributed by atoms with Gasteiger partial charge in [-0.05, 0) is 26.2 Å². The molecule has 1 N–H and O–H groups in total. The second-order valence-electron chi connectivity index (χ2n) is 3.61. The van der Waals surface area contributed by atoms with Gasteiger partial charge in [-0.2, -0.15) is 0 Å². The maximum Gasteiger partial charge on any atom is 0.157 e. The Labute approximate surface area is 91.6 Å². The smallest absolute Gasteiger partial charge is 0.157 e. The van der Waals surface area contributed by atoms with E-state index < -0.39 is 0 Å². The summed E-state index contributed by atoms with van der Waals surface area (Å²) in [6, 6.07) is 0. The van der Waals surface area contributed by atoms with Crippen LogP contribution in [-0.4, -0.2) is 37.0 Å². The van der Waals surface area contributed by atoms with E-state index in [-0.39, 0.29) is 24.8 Å². The van der Waals surface area contributed by atoms with Crippen LogP contribution in [0.15, 0.2) is 0 Å². The number of rotatable bonds is 9. The van der Waals surface area contributed by atoms with Crippen LogP contribution in [0.4, 0.5) is 0 Å². The van der Waals surface area contributed by atoms with Gasteiger partial charge in [-0.25, -0.2) is 0 Å². The Morgan fingerprint density at radius 2 is 2.13 bits per heavy atom. The molecule has 0 aliphatic carbocycles. The molecule has 0 fully saturated rings. The van der Waals surface area contributed by atoms with Gasteiger partial charge in [0.05, 0.1) is 12.7 Å². The van der Waals surface area contributed by atoms with Gasteiger partial charge in [0.1, 0.15) is 5.78 Å². The lowest BCUT2D eigenvalue weighted by Gasteiger charge is -2.21. The second-order valence-corrected chi connectivity index (χ2v) is 3.61. The molecule has 0 saturated carbocycles. The van der Waals surface area contributed by atoms with Crippen molar-refractivity contribution in [2.24, 2.45) is 0 Å². The Kier molecular flexibility index (Phi) is 8.56. The van der Waals surface area contributed by atoms with Gasteiger partial charge >= 0.3 is 0 Å². The van der Waals surface area contributed by atoms with Gasteiger partial charge in [-0.1, -0.05) is 6.92 Å². The lowest BCUT2D eigenvalue weighted by Crippen LogP contribution is -2.26. The number of hydrogen-bond acceptors (Lipinski definition) is 4. The van der Waals surface area contributed by atoms with Crippen molar-refractivity contribution < 1.29 is 19.4 Å². The van der Waals surface area contributed by atoms with Gasteiger partial charge in [-0.15, -0.1) is 0 Å². The van der Waals surface area contributed by atoms with Crippen molar-refractivity contribution in [2.45, 2.75) is 51.9 Å². The Hall–Kier alpha value is -0.450. The van der Waals surface area contributed by atoms with Crippen molar-refractivity contribution in [3.63, 3.8) is 0 Å². The number of methoxy groups -OCH3 is 1. The Bertz CT molecular complexity index is 166. The maximum atomic E-state index is 10.7. The van der Waals surface area contributed by atoms with Crippen LogP contribution in [-0.2, 0) is 14.3 Å². The highest BCUT2D eigenvalue weighted by Gasteiger charge is 2.13. The third-order valence-corrected chi connectivity index (χ3v) is 2.23. The van der Waals surface area contributed by atoms with E-state index in [1.54, 1.807) is 14.0 Å². The number of carbonyl (C=O) groups is 1. The predicted molar refractivity (Wildman–Crippen MR) is 57.6 cm³/mol. The molecule has 0 rings (SSSR count). The SMILES string of the molecule is CCC(CO)OC(CCCC(C)=O)OC. The molecule has 0 saturated heterocycles. The van der Waals surface area contributed by atoms with Gasteiger partial charge < -0.3 is 19.4 Å². The minimum Gasteiger partial charge on any atom is -0.394 e. The van der Waals surface area contributed by atoms with E-state index in [9.17, 15) is 4.79 Å². The molecule has 0 aliphatic rings. The van der Waals surface area contributed by atoms with Crippen molar-refractivity contribution in [2.75, 3.05) is 13.7 Å². The molecule has 15 heavy (non-hydrogen) atoms. The van der Waals surface area contributed by atoms with Gasteiger partial charge in [-0.3, -0.25) is 0 Å².